The number of benzene rings is 2. The van der Waals surface area contributed by atoms with E-state index >= 15 is 0 Å². The van der Waals surface area contributed by atoms with Crippen LogP contribution in [0.4, 0.5) is 4.39 Å². The monoisotopic (exact) mass is 440 g/mol. The first-order valence-electron chi connectivity index (χ1n) is 11.4. The molecule has 0 spiro atoms. The van der Waals surface area contributed by atoms with E-state index in [0.29, 0.717) is 25.1 Å². The third-order valence-electron chi connectivity index (χ3n) is 5.66. The van der Waals surface area contributed by atoms with Gasteiger partial charge in [-0.15, -0.1) is 0 Å². The first-order valence-corrected chi connectivity index (χ1v) is 11.4. The molecule has 1 aliphatic rings. The van der Waals surface area contributed by atoms with Gasteiger partial charge in [0.15, 0.2) is 6.10 Å². The Bertz CT molecular complexity index is 973. The molecule has 32 heavy (non-hydrogen) atoms. The van der Waals surface area contributed by atoms with Crippen molar-refractivity contribution in [3.8, 4) is 5.75 Å². The topological polar surface area (TPSA) is 58.6 Å². The summed E-state index contributed by atoms with van der Waals surface area (Å²) in [6.07, 6.45) is 0.631. The van der Waals surface area contributed by atoms with Crippen LogP contribution in [-0.4, -0.2) is 35.4 Å². The molecule has 0 aromatic heterocycles. The smallest absolute Gasteiger partial charge is 0.261 e. The van der Waals surface area contributed by atoms with E-state index in [0.717, 1.165) is 16.7 Å². The van der Waals surface area contributed by atoms with Gasteiger partial charge >= 0.3 is 0 Å². The van der Waals surface area contributed by atoms with Crippen LogP contribution in [0.5, 0.6) is 5.75 Å². The average Bonchev–Trinajstić information content (AvgIpc) is 2.75. The van der Waals surface area contributed by atoms with Gasteiger partial charge in [-0.3, -0.25) is 9.59 Å². The summed E-state index contributed by atoms with van der Waals surface area (Å²) in [5.74, 6) is -0.0705. The number of fused-ring (bicyclic) bond motifs is 1. The average molecular weight is 441 g/mol. The molecule has 0 aliphatic carbocycles. The number of halogens is 1. The summed E-state index contributed by atoms with van der Waals surface area (Å²) in [4.78, 5) is 27.3. The lowest BCUT2D eigenvalue weighted by Crippen LogP contribution is -2.43. The van der Waals surface area contributed by atoms with Gasteiger partial charge < -0.3 is 15.0 Å². The van der Waals surface area contributed by atoms with E-state index in [1.165, 1.54) is 12.1 Å². The largest absolute Gasteiger partial charge is 0.481 e. The van der Waals surface area contributed by atoms with Crippen LogP contribution in [-0.2, 0) is 16.0 Å². The van der Waals surface area contributed by atoms with Crippen LogP contribution in [0.25, 0.3) is 0 Å². The van der Waals surface area contributed by atoms with Crippen molar-refractivity contribution in [2.24, 2.45) is 5.92 Å². The minimum absolute atomic E-state index is 0.0247. The lowest BCUT2D eigenvalue weighted by Gasteiger charge is -2.39. The van der Waals surface area contributed by atoms with E-state index in [4.69, 9.17) is 4.74 Å². The fourth-order valence-corrected chi connectivity index (χ4v) is 4.14. The summed E-state index contributed by atoms with van der Waals surface area (Å²) in [5.41, 5.74) is 2.73. The first-order chi connectivity index (χ1) is 15.2. The number of nitrogens with one attached hydrogen (secondary N) is 1. The molecular weight excluding hydrogens is 407 g/mol. The molecular formula is C26H33FN2O3. The maximum Gasteiger partial charge on any atom is 0.261 e. The van der Waals surface area contributed by atoms with E-state index in [2.05, 4.69) is 5.32 Å². The SMILES string of the molecule is CC[C@@H](Oc1ccc2c(c1)[C@@H](c1cccc(F)c1)N(C(=O)C(C)C)CC2)C(=O)NC(C)C. The predicted molar refractivity (Wildman–Crippen MR) is 123 cm³/mol. The van der Waals surface area contributed by atoms with Gasteiger partial charge in [0.05, 0.1) is 6.04 Å². The van der Waals surface area contributed by atoms with Gasteiger partial charge in [0, 0.05) is 18.5 Å². The summed E-state index contributed by atoms with van der Waals surface area (Å²) in [6, 6.07) is 11.8. The molecule has 1 N–H and O–H groups in total. The number of nitrogens with zero attached hydrogens (tertiary/aromatic N) is 1. The van der Waals surface area contributed by atoms with E-state index in [9.17, 15) is 14.0 Å². The van der Waals surface area contributed by atoms with Crippen LogP contribution in [0.1, 0.15) is 63.8 Å². The fourth-order valence-electron chi connectivity index (χ4n) is 4.14. The fraction of sp³-hybridized carbons (Fsp3) is 0.462. The molecule has 2 aromatic carbocycles. The second kappa shape index (κ2) is 10.2. The molecule has 0 unspecified atom stereocenters. The summed E-state index contributed by atoms with van der Waals surface area (Å²) in [7, 11) is 0. The van der Waals surface area contributed by atoms with Crippen molar-refractivity contribution < 1.29 is 18.7 Å². The van der Waals surface area contributed by atoms with Crippen LogP contribution in [0.15, 0.2) is 42.5 Å². The van der Waals surface area contributed by atoms with Gasteiger partial charge in [0.25, 0.3) is 5.91 Å². The van der Waals surface area contributed by atoms with Crippen molar-refractivity contribution in [3.05, 3.63) is 65.0 Å². The molecule has 0 saturated heterocycles. The second-order valence-corrected chi connectivity index (χ2v) is 8.93. The Balaban J connectivity index is 2.00. The highest BCUT2D eigenvalue weighted by Crippen LogP contribution is 2.38. The zero-order chi connectivity index (χ0) is 23.4. The van der Waals surface area contributed by atoms with Crippen LogP contribution < -0.4 is 10.1 Å². The predicted octanol–water partition coefficient (Wildman–Crippen LogP) is 4.64. The highest BCUT2D eigenvalue weighted by molar-refractivity contribution is 5.81. The number of carbonyl (C=O) groups is 2. The molecule has 3 rings (SSSR count). The summed E-state index contributed by atoms with van der Waals surface area (Å²) in [5, 5.41) is 2.89. The minimum Gasteiger partial charge on any atom is -0.481 e. The van der Waals surface area contributed by atoms with Crippen LogP contribution in [0.2, 0.25) is 0 Å². The summed E-state index contributed by atoms with van der Waals surface area (Å²) < 4.78 is 20.2. The summed E-state index contributed by atoms with van der Waals surface area (Å²) in [6.45, 7) is 10.0. The minimum atomic E-state index is -0.611. The van der Waals surface area contributed by atoms with Gasteiger partial charge in [0.1, 0.15) is 11.6 Å². The second-order valence-electron chi connectivity index (χ2n) is 8.93. The van der Waals surface area contributed by atoms with E-state index in [1.807, 2.05) is 63.8 Å². The standard InChI is InChI=1S/C26H33FN2O3/c1-6-23(25(30)28-17(4)5)32-21-11-10-18-12-13-29(26(31)16(2)3)24(22(18)15-21)19-8-7-9-20(27)14-19/h7-11,14-17,23-24H,6,12-13H2,1-5H3,(H,28,30)/t23-,24-/m1/s1. The number of amides is 2. The molecule has 172 valence electrons. The Labute approximate surface area is 190 Å². The van der Waals surface area contributed by atoms with Crippen molar-refractivity contribution >= 4 is 11.8 Å². The van der Waals surface area contributed by atoms with E-state index in [1.54, 1.807) is 6.07 Å². The van der Waals surface area contributed by atoms with Gasteiger partial charge in [-0.25, -0.2) is 4.39 Å². The molecule has 0 bridgehead atoms. The lowest BCUT2D eigenvalue weighted by molar-refractivity contribution is -0.136. The number of ether oxygens (including phenoxy) is 1. The highest BCUT2D eigenvalue weighted by atomic mass is 19.1. The molecule has 2 amide bonds. The van der Waals surface area contributed by atoms with Crippen LogP contribution >= 0.6 is 0 Å². The van der Waals surface area contributed by atoms with Gasteiger partial charge in [-0.2, -0.15) is 0 Å². The van der Waals surface area contributed by atoms with Crippen molar-refractivity contribution in [2.75, 3.05) is 6.54 Å². The molecule has 5 nitrogen and oxygen atoms in total. The van der Waals surface area contributed by atoms with Crippen molar-refractivity contribution in [3.63, 3.8) is 0 Å². The lowest BCUT2D eigenvalue weighted by atomic mass is 9.87. The Kier molecular flexibility index (Phi) is 7.54. The normalized spacial score (nSPS) is 16.6. The zero-order valence-electron chi connectivity index (χ0n) is 19.5. The molecule has 0 saturated carbocycles. The molecule has 0 radical (unpaired) electrons. The maximum atomic E-state index is 14.1. The number of hydrogen-bond acceptors (Lipinski definition) is 3. The Morgan fingerprint density at radius 3 is 2.53 bits per heavy atom. The van der Waals surface area contributed by atoms with Crippen molar-refractivity contribution in [1.82, 2.24) is 10.2 Å². The maximum absolute atomic E-state index is 14.1. The molecule has 1 aliphatic heterocycles. The van der Waals surface area contributed by atoms with Gasteiger partial charge in [-0.05, 0) is 67.6 Å². The zero-order valence-corrected chi connectivity index (χ0v) is 19.5. The molecule has 1 heterocycles. The quantitative estimate of drug-likeness (QED) is 0.683. The first kappa shape index (κ1) is 23.8. The molecule has 6 heteroatoms. The van der Waals surface area contributed by atoms with Gasteiger partial charge in [-0.1, -0.05) is 39.0 Å². The Morgan fingerprint density at radius 1 is 1.16 bits per heavy atom. The van der Waals surface area contributed by atoms with E-state index < -0.39 is 12.1 Å². The number of hydrogen-bond donors (Lipinski definition) is 1. The van der Waals surface area contributed by atoms with Crippen LogP contribution in [0, 0.1) is 11.7 Å². The third kappa shape index (κ3) is 5.29. The molecule has 2 aromatic rings. The number of carbonyl (C=O) groups excluding carboxylic acids is 2. The van der Waals surface area contributed by atoms with E-state index in [-0.39, 0.29) is 29.6 Å². The Hall–Kier alpha value is -2.89. The van der Waals surface area contributed by atoms with Crippen LogP contribution in [0.3, 0.4) is 0 Å². The molecule has 0 fully saturated rings. The highest BCUT2D eigenvalue weighted by Gasteiger charge is 2.34. The Morgan fingerprint density at radius 2 is 1.91 bits per heavy atom. The number of rotatable bonds is 7. The van der Waals surface area contributed by atoms with Crippen molar-refractivity contribution in [1.29, 1.82) is 0 Å². The third-order valence-corrected chi connectivity index (χ3v) is 5.66. The van der Waals surface area contributed by atoms with Crippen molar-refractivity contribution in [2.45, 2.75) is 65.6 Å². The summed E-state index contributed by atoms with van der Waals surface area (Å²) >= 11 is 0. The molecule has 2 atom stereocenters. The van der Waals surface area contributed by atoms with Gasteiger partial charge in [0.2, 0.25) is 5.91 Å².